The van der Waals surface area contributed by atoms with E-state index in [2.05, 4.69) is 5.32 Å². The van der Waals surface area contributed by atoms with Gasteiger partial charge in [-0.3, -0.25) is 0 Å². The monoisotopic (exact) mass is 418 g/mol. The number of hydrogen-bond donors (Lipinski definition) is 1. The Morgan fingerprint density at radius 3 is 2.19 bits per heavy atom. The Balaban J connectivity index is 1.81. The third-order valence-corrected chi connectivity index (χ3v) is 4.91. The number of rotatable bonds is 5. The molecule has 0 fully saturated rings. The van der Waals surface area contributed by atoms with Gasteiger partial charge in [-0.2, -0.15) is 0 Å². The topological polar surface area (TPSA) is 32.3 Å². The number of hydrogen-bond acceptors (Lipinski definition) is 1. The van der Waals surface area contributed by atoms with Crippen LogP contribution in [0, 0.1) is 0 Å². The maximum atomic E-state index is 12.9. The molecule has 3 aromatic carbocycles. The molecule has 0 aliphatic carbocycles. The maximum Gasteiger partial charge on any atom is 0.322 e. The molecule has 0 aromatic heterocycles. The number of benzene rings is 3. The quantitative estimate of drug-likeness (QED) is 0.480. The van der Waals surface area contributed by atoms with Crippen LogP contribution in [-0.2, 0) is 13.1 Å². The van der Waals surface area contributed by atoms with E-state index < -0.39 is 0 Å². The molecule has 0 aliphatic rings. The molecule has 0 saturated carbocycles. The number of carbonyl (C=O) groups is 1. The van der Waals surface area contributed by atoms with Crippen molar-refractivity contribution in [3.8, 4) is 0 Å². The fraction of sp³-hybridized carbons (Fsp3) is 0.0952. The summed E-state index contributed by atoms with van der Waals surface area (Å²) in [5.74, 6) is 0. The zero-order valence-corrected chi connectivity index (χ0v) is 16.6. The average molecular weight is 420 g/mol. The van der Waals surface area contributed by atoms with Gasteiger partial charge in [0.25, 0.3) is 0 Å². The van der Waals surface area contributed by atoms with Gasteiger partial charge >= 0.3 is 6.03 Å². The molecule has 3 rings (SSSR count). The second-order valence-corrected chi connectivity index (χ2v) is 7.28. The van der Waals surface area contributed by atoms with Crippen LogP contribution in [0.15, 0.2) is 72.8 Å². The lowest BCUT2D eigenvalue weighted by Crippen LogP contribution is -2.34. The SMILES string of the molecule is O=C(Nc1ccc(Cl)c(Cl)c1)N(Cc1ccccc1)Cc1cccc(Cl)c1. The Bertz CT molecular complexity index is 932. The Morgan fingerprint density at radius 1 is 0.778 bits per heavy atom. The van der Waals surface area contributed by atoms with E-state index in [1.54, 1.807) is 23.1 Å². The molecule has 3 aromatic rings. The number of amides is 2. The van der Waals surface area contributed by atoms with Crippen molar-refractivity contribution >= 4 is 46.5 Å². The number of nitrogens with one attached hydrogen (secondary N) is 1. The van der Waals surface area contributed by atoms with E-state index in [0.29, 0.717) is 33.8 Å². The normalized spacial score (nSPS) is 10.5. The zero-order valence-electron chi connectivity index (χ0n) is 14.3. The van der Waals surface area contributed by atoms with E-state index in [1.165, 1.54) is 0 Å². The van der Waals surface area contributed by atoms with Gasteiger partial charge in [0, 0.05) is 23.8 Å². The first-order valence-corrected chi connectivity index (χ1v) is 9.44. The van der Waals surface area contributed by atoms with Crippen molar-refractivity contribution in [2.45, 2.75) is 13.1 Å². The van der Waals surface area contributed by atoms with Gasteiger partial charge in [-0.05, 0) is 41.5 Å². The molecular formula is C21H17Cl3N2O. The van der Waals surface area contributed by atoms with Crippen LogP contribution in [0.1, 0.15) is 11.1 Å². The highest BCUT2D eigenvalue weighted by Gasteiger charge is 2.15. The van der Waals surface area contributed by atoms with Gasteiger partial charge in [-0.15, -0.1) is 0 Å². The van der Waals surface area contributed by atoms with Crippen molar-refractivity contribution in [3.63, 3.8) is 0 Å². The van der Waals surface area contributed by atoms with Gasteiger partial charge < -0.3 is 10.2 Å². The lowest BCUT2D eigenvalue weighted by Gasteiger charge is -2.24. The van der Waals surface area contributed by atoms with Crippen molar-refractivity contribution in [2.75, 3.05) is 5.32 Å². The summed E-state index contributed by atoms with van der Waals surface area (Å²) in [6.45, 7) is 0.878. The molecule has 2 amide bonds. The third-order valence-electron chi connectivity index (χ3n) is 3.94. The van der Waals surface area contributed by atoms with Crippen LogP contribution in [0.5, 0.6) is 0 Å². The molecule has 0 heterocycles. The van der Waals surface area contributed by atoms with Gasteiger partial charge in [-0.25, -0.2) is 4.79 Å². The fourth-order valence-corrected chi connectivity index (χ4v) is 3.15. The number of nitrogens with zero attached hydrogens (tertiary/aromatic N) is 1. The summed E-state index contributed by atoms with van der Waals surface area (Å²) in [5, 5.41) is 4.34. The van der Waals surface area contributed by atoms with Crippen LogP contribution in [0.2, 0.25) is 15.1 Å². The largest absolute Gasteiger partial charge is 0.322 e. The van der Waals surface area contributed by atoms with Gasteiger partial charge in [0.15, 0.2) is 0 Å². The number of urea groups is 1. The van der Waals surface area contributed by atoms with E-state index in [0.717, 1.165) is 11.1 Å². The van der Waals surface area contributed by atoms with Crippen molar-refractivity contribution < 1.29 is 4.79 Å². The molecule has 0 saturated heterocycles. The highest BCUT2D eigenvalue weighted by molar-refractivity contribution is 6.42. The molecule has 0 atom stereocenters. The second kappa shape index (κ2) is 9.14. The maximum absolute atomic E-state index is 12.9. The van der Waals surface area contributed by atoms with E-state index >= 15 is 0 Å². The molecule has 0 spiro atoms. The minimum atomic E-state index is -0.239. The van der Waals surface area contributed by atoms with Crippen LogP contribution in [-0.4, -0.2) is 10.9 Å². The second-order valence-electron chi connectivity index (χ2n) is 6.03. The number of anilines is 1. The lowest BCUT2D eigenvalue weighted by molar-refractivity contribution is 0.206. The summed E-state index contributed by atoms with van der Waals surface area (Å²) in [6, 6.07) is 22.0. The van der Waals surface area contributed by atoms with Crippen molar-refractivity contribution in [1.82, 2.24) is 4.90 Å². The Hall–Kier alpha value is -2.20. The molecule has 6 heteroatoms. The summed E-state index contributed by atoms with van der Waals surface area (Å²) < 4.78 is 0. The lowest BCUT2D eigenvalue weighted by atomic mass is 10.2. The summed E-state index contributed by atoms with van der Waals surface area (Å²) in [4.78, 5) is 14.6. The van der Waals surface area contributed by atoms with E-state index in [1.807, 2.05) is 54.6 Å². The molecule has 0 unspecified atom stereocenters. The molecule has 3 nitrogen and oxygen atoms in total. The van der Waals surface area contributed by atoms with E-state index in [-0.39, 0.29) is 6.03 Å². The van der Waals surface area contributed by atoms with Gasteiger partial charge in [0.05, 0.1) is 10.0 Å². The van der Waals surface area contributed by atoms with Crippen LogP contribution >= 0.6 is 34.8 Å². The van der Waals surface area contributed by atoms with Gasteiger partial charge in [-0.1, -0.05) is 77.3 Å². The standard InChI is InChI=1S/C21H17Cl3N2O/c22-17-8-4-7-16(11-17)14-26(13-15-5-2-1-3-6-15)21(27)25-18-9-10-19(23)20(24)12-18/h1-12H,13-14H2,(H,25,27). The van der Waals surface area contributed by atoms with Gasteiger partial charge in [0.1, 0.15) is 0 Å². The minimum Gasteiger partial charge on any atom is -0.316 e. The van der Waals surface area contributed by atoms with Crippen LogP contribution in [0.3, 0.4) is 0 Å². The molecule has 27 heavy (non-hydrogen) atoms. The minimum absolute atomic E-state index is 0.239. The highest BCUT2D eigenvalue weighted by atomic mass is 35.5. The summed E-state index contributed by atoms with van der Waals surface area (Å²) >= 11 is 18.1. The zero-order chi connectivity index (χ0) is 19.2. The summed E-state index contributed by atoms with van der Waals surface area (Å²) in [7, 11) is 0. The van der Waals surface area contributed by atoms with Gasteiger partial charge in [0.2, 0.25) is 0 Å². The fourth-order valence-electron chi connectivity index (χ4n) is 2.64. The Labute approximate surface area is 173 Å². The third kappa shape index (κ3) is 5.64. The van der Waals surface area contributed by atoms with E-state index in [4.69, 9.17) is 34.8 Å². The molecule has 1 N–H and O–H groups in total. The molecule has 0 aliphatic heterocycles. The molecule has 0 radical (unpaired) electrons. The smallest absolute Gasteiger partial charge is 0.316 e. The summed E-state index contributed by atoms with van der Waals surface area (Å²) in [5.41, 5.74) is 2.56. The average Bonchev–Trinajstić information content (AvgIpc) is 2.65. The van der Waals surface area contributed by atoms with Crippen LogP contribution in [0.25, 0.3) is 0 Å². The first-order chi connectivity index (χ1) is 13.0. The highest BCUT2D eigenvalue weighted by Crippen LogP contribution is 2.25. The molecular weight excluding hydrogens is 403 g/mol. The predicted octanol–water partition coefficient (Wildman–Crippen LogP) is 6.88. The van der Waals surface area contributed by atoms with Crippen molar-refractivity contribution in [2.24, 2.45) is 0 Å². The Kier molecular flexibility index (Phi) is 6.62. The van der Waals surface area contributed by atoms with Crippen LogP contribution in [0.4, 0.5) is 10.5 Å². The number of carbonyl (C=O) groups excluding carboxylic acids is 1. The Morgan fingerprint density at radius 2 is 1.48 bits per heavy atom. The van der Waals surface area contributed by atoms with Crippen molar-refractivity contribution in [1.29, 1.82) is 0 Å². The van der Waals surface area contributed by atoms with Crippen LogP contribution < -0.4 is 5.32 Å². The number of halogens is 3. The first kappa shape index (κ1) is 19.6. The molecule has 138 valence electrons. The van der Waals surface area contributed by atoms with E-state index in [9.17, 15) is 4.79 Å². The van der Waals surface area contributed by atoms with Crippen molar-refractivity contribution in [3.05, 3.63) is 99.0 Å². The first-order valence-electron chi connectivity index (χ1n) is 8.30. The summed E-state index contributed by atoms with van der Waals surface area (Å²) in [6.07, 6.45) is 0. The predicted molar refractivity (Wildman–Crippen MR) is 113 cm³/mol. The molecule has 0 bridgehead atoms.